The maximum absolute atomic E-state index is 13.1. The monoisotopic (exact) mass is 383 g/mol. The fourth-order valence-corrected chi connectivity index (χ4v) is 3.68. The van der Waals surface area contributed by atoms with E-state index in [9.17, 15) is 14.0 Å². The second-order valence-corrected chi connectivity index (χ2v) is 7.35. The molecule has 0 spiro atoms. The van der Waals surface area contributed by atoms with Crippen molar-refractivity contribution in [3.8, 4) is 0 Å². The molecule has 5 nitrogen and oxygen atoms in total. The maximum Gasteiger partial charge on any atom is 0.246 e. The Hall–Kier alpha value is -2.73. The molecule has 0 aromatic heterocycles. The molecule has 2 aromatic carbocycles. The number of anilines is 1. The van der Waals surface area contributed by atoms with Crippen LogP contribution in [0.3, 0.4) is 0 Å². The van der Waals surface area contributed by atoms with Gasteiger partial charge in [-0.3, -0.25) is 14.5 Å². The van der Waals surface area contributed by atoms with Crippen LogP contribution in [0.1, 0.15) is 24.4 Å². The highest BCUT2D eigenvalue weighted by Crippen LogP contribution is 2.29. The molecule has 1 aliphatic rings. The van der Waals surface area contributed by atoms with Crippen molar-refractivity contribution in [2.45, 2.75) is 18.9 Å². The van der Waals surface area contributed by atoms with Gasteiger partial charge >= 0.3 is 0 Å². The number of carbonyl (C=O) groups excluding carboxylic acids is 2. The molecule has 1 fully saturated rings. The highest BCUT2D eigenvalue weighted by Gasteiger charge is 2.33. The minimum absolute atomic E-state index is 0.00262. The van der Waals surface area contributed by atoms with Gasteiger partial charge in [-0.25, -0.2) is 4.39 Å². The first-order valence-corrected chi connectivity index (χ1v) is 9.52. The summed E-state index contributed by atoms with van der Waals surface area (Å²) in [5.74, 6) is -0.352. The molecular formula is C22H26FN3O2. The van der Waals surface area contributed by atoms with E-state index in [1.807, 2.05) is 30.3 Å². The molecule has 1 atom stereocenters. The molecule has 28 heavy (non-hydrogen) atoms. The maximum atomic E-state index is 13.1. The van der Waals surface area contributed by atoms with E-state index < -0.39 is 6.04 Å². The minimum Gasteiger partial charge on any atom is -0.349 e. The lowest BCUT2D eigenvalue weighted by atomic mass is 9.93. The molecular weight excluding hydrogens is 357 g/mol. The van der Waals surface area contributed by atoms with Gasteiger partial charge in [-0.1, -0.05) is 30.3 Å². The lowest BCUT2D eigenvalue weighted by molar-refractivity contribution is -0.135. The number of nitrogens with zero attached hydrogens (tertiary/aromatic N) is 2. The molecule has 2 amide bonds. The van der Waals surface area contributed by atoms with E-state index in [1.165, 1.54) is 12.1 Å². The summed E-state index contributed by atoms with van der Waals surface area (Å²) in [5.41, 5.74) is 1.46. The van der Waals surface area contributed by atoms with Crippen molar-refractivity contribution in [3.63, 3.8) is 0 Å². The van der Waals surface area contributed by atoms with Crippen LogP contribution in [0, 0.1) is 11.7 Å². The van der Waals surface area contributed by atoms with Gasteiger partial charge in [0.05, 0.1) is 0 Å². The number of rotatable bonds is 5. The van der Waals surface area contributed by atoms with E-state index >= 15 is 0 Å². The molecule has 0 radical (unpaired) electrons. The van der Waals surface area contributed by atoms with Crippen LogP contribution in [0.5, 0.6) is 0 Å². The number of benzene rings is 2. The zero-order valence-electron chi connectivity index (χ0n) is 16.3. The van der Waals surface area contributed by atoms with Crippen molar-refractivity contribution in [2.24, 2.45) is 5.92 Å². The fourth-order valence-electron chi connectivity index (χ4n) is 3.68. The molecule has 1 heterocycles. The van der Waals surface area contributed by atoms with Gasteiger partial charge in [0.2, 0.25) is 11.8 Å². The Labute approximate surface area is 165 Å². The summed E-state index contributed by atoms with van der Waals surface area (Å²) in [7, 11) is 3.55. The number of carbonyl (C=O) groups is 2. The summed E-state index contributed by atoms with van der Waals surface area (Å²) in [6.45, 7) is 1.33. The molecule has 3 rings (SSSR count). The molecule has 0 unspecified atom stereocenters. The van der Waals surface area contributed by atoms with Crippen molar-refractivity contribution in [1.29, 1.82) is 0 Å². The van der Waals surface area contributed by atoms with E-state index in [1.54, 1.807) is 31.1 Å². The highest BCUT2D eigenvalue weighted by atomic mass is 19.1. The van der Waals surface area contributed by atoms with Crippen LogP contribution in [0.25, 0.3) is 0 Å². The number of amides is 2. The van der Waals surface area contributed by atoms with Gasteiger partial charge in [0.1, 0.15) is 11.9 Å². The Balaban J connectivity index is 1.76. The quantitative estimate of drug-likeness (QED) is 0.862. The third-order valence-corrected chi connectivity index (χ3v) is 5.16. The van der Waals surface area contributed by atoms with Crippen LogP contribution >= 0.6 is 0 Å². The normalized spacial score (nSPS) is 16.4. The Bertz CT molecular complexity index is 800. The van der Waals surface area contributed by atoms with Gasteiger partial charge in [0.15, 0.2) is 0 Å². The van der Waals surface area contributed by atoms with Gasteiger partial charge in [0, 0.05) is 25.7 Å². The number of halogens is 1. The average Bonchev–Trinajstić information content (AvgIpc) is 2.70. The molecule has 1 N–H and O–H groups in total. The molecule has 0 bridgehead atoms. The summed E-state index contributed by atoms with van der Waals surface area (Å²) in [4.78, 5) is 29.1. The molecule has 1 aliphatic heterocycles. The molecule has 6 heteroatoms. The first-order chi connectivity index (χ1) is 13.5. The zero-order chi connectivity index (χ0) is 20.1. The number of nitrogens with one attached hydrogen (secondary N) is 1. The van der Waals surface area contributed by atoms with Crippen LogP contribution in [0.4, 0.5) is 10.1 Å². The average molecular weight is 383 g/mol. The minimum atomic E-state index is -0.457. The Morgan fingerprint density at radius 2 is 1.64 bits per heavy atom. The van der Waals surface area contributed by atoms with E-state index in [0.29, 0.717) is 18.8 Å². The van der Waals surface area contributed by atoms with Crippen molar-refractivity contribution in [3.05, 3.63) is 66.0 Å². The van der Waals surface area contributed by atoms with Crippen molar-refractivity contribution >= 4 is 17.5 Å². The fraction of sp³-hybridized carbons (Fsp3) is 0.364. The third-order valence-electron chi connectivity index (χ3n) is 5.16. The van der Waals surface area contributed by atoms with Crippen LogP contribution < -0.4 is 5.32 Å². The summed E-state index contributed by atoms with van der Waals surface area (Å²) < 4.78 is 13.1. The zero-order valence-corrected chi connectivity index (χ0v) is 16.3. The Morgan fingerprint density at radius 3 is 2.21 bits per heavy atom. The molecule has 0 aliphatic carbocycles. The van der Waals surface area contributed by atoms with Gasteiger partial charge in [-0.05, 0) is 55.8 Å². The SMILES string of the molecule is CN(C)C(=O)C1CCN([C@@H](C(=O)Nc2ccc(F)cc2)c2ccccc2)CC1. The van der Waals surface area contributed by atoms with Crippen LogP contribution in [0.2, 0.25) is 0 Å². The van der Waals surface area contributed by atoms with E-state index in [-0.39, 0.29) is 23.5 Å². The number of likely N-dealkylation sites (tertiary alicyclic amines) is 1. The van der Waals surface area contributed by atoms with Crippen LogP contribution in [-0.2, 0) is 9.59 Å². The topological polar surface area (TPSA) is 52.7 Å². The predicted octanol–water partition coefficient (Wildman–Crippen LogP) is 3.31. The van der Waals surface area contributed by atoms with Gasteiger partial charge < -0.3 is 10.2 Å². The van der Waals surface area contributed by atoms with Crippen molar-refractivity contribution in [1.82, 2.24) is 9.80 Å². The Morgan fingerprint density at radius 1 is 1.04 bits per heavy atom. The molecule has 2 aromatic rings. The lowest BCUT2D eigenvalue weighted by Gasteiger charge is -2.37. The lowest BCUT2D eigenvalue weighted by Crippen LogP contribution is -2.44. The van der Waals surface area contributed by atoms with E-state index in [2.05, 4.69) is 10.2 Å². The first-order valence-electron chi connectivity index (χ1n) is 9.52. The van der Waals surface area contributed by atoms with Crippen LogP contribution in [-0.4, -0.2) is 48.8 Å². The molecule has 0 saturated carbocycles. The van der Waals surface area contributed by atoms with Crippen molar-refractivity contribution < 1.29 is 14.0 Å². The third kappa shape index (κ3) is 4.75. The van der Waals surface area contributed by atoms with Crippen LogP contribution in [0.15, 0.2) is 54.6 Å². The number of hydrogen-bond donors (Lipinski definition) is 1. The second-order valence-electron chi connectivity index (χ2n) is 7.35. The van der Waals surface area contributed by atoms with Gasteiger partial charge in [-0.15, -0.1) is 0 Å². The van der Waals surface area contributed by atoms with Gasteiger partial charge in [0.25, 0.3) is 0 Å². The van der Waals surface area contributed by atoms with E-state index in [4.69, 9.17) is 0 Å². The summed E-state index contributed by atoms with van der Waals surface area (Å²) in [5, 5.41) is 2.89. The number of piperidine rings is 1. The highest BCUT2D eigenvalue weighted by molar-refractivity contribution is 5.95. The summed E-state index contributed by atoms with van der Waals surface area (Å²) in [6, 6.07) is 14.9. The first kappa shape index (κ1) is 20.0. The molecule has 148 valence electrons. The van der Waals surface area contributed by atoms with E-state index in [0.717, 1.165) is 18.4 Å². The Kier molecular flexibility index (Phi) is 6.41. The number of hydrogen-bond acceptors (Lipinski definition) is 3. The smallest absolute Gasteiger partial charge is 0.246 e. The predicted molar refractivity (Wildman–Crippen MR) is 107 cm³/mol. The summed E-state index contributed by atoms with van der Waals surface area (Å²) >= 11 is 0. The summed E-state index contributed by atoms with van der Waals surface area (Å²) in [6.07, 6.45) is 1.45. The van der Waals surface area contributed by atoms with Gasteiger partial charge in [-0.2, -0.15) is 0 Å². The standard InChI is InChI=1S/C22H26FN3O2/c1-25(2)22(28)17-12-14-26(15-13-17)20(16-6-4-3-5-7-16)21(27)24-19-10-8-18(23)9-11-19/h3-11,17,20H,12-15H2,1-2H3,(H,24,27)/t20-/m1/s1. The van der Waals surface area contributed by atoms with Crippen molar-refractivity contribution in [2.75, 3.05) is 32.5 Å². The second kappa shape index (κ2) is 8.97. The molecule has 1 saturated heterocycles. The largest absolute Gasteiger partial charge is 0.349 e.